The number of aromatic carboxylic acids is 1. The van der Waals surface area contributed by atoms with Gasteiger partial charge in [-0.25, -0.2) is 13.6 Å². The van der Waals surface area contributed by atoms with Crippen molar-refractivity contribution in [3.63, 3.8) is 0 Å². The molecule has 0 spiro atoms. The van der Waals surface area contributed by atoms with Gasteiger partial charge in [0.15, 0.2) is 11.6 Å². The molecule has 0 radical (unpaired) electrons. The maximum Gasteiger partial charge on any atom is 0.336 e. The second-order valence-electron chi connectivity index (χ2n) is 4.19. The fourth-order valence-electron chi connectivity index (χ4n) is 1.86. The topological polar surface area (TPSA) is 79.5 Å². The number of carbonyl (C=O) groups is 1. The monoisotopic (exact) mass is 297 g/mol. The van der Waals surface area contributed by atoms with Crippen LogP contribution in [-0.2, 0) is 0 Å². The fraction of sp³-hybridized carbons (Fsp3) is 0.308. The highest BCUT2D eigenvalue weighted by Crippen LogP contribution is 2.26. The van der Waals surface area contributed by atoms with E-state index >= 15 is 0 Å². The first-order valence-corrected chi connectivity index (χ1v) is 6.29. The van der Waals surface area contributed by atoms with Crippen LogP contribution in [0.5, 0.6) is 0 Å². The lowest BCUT2D eigenvalue weighted by Crippen LogP contribution is -2.22. The van der Waals surface area contributed by atoms with Gasteiger partial charge >= 0.3 is 5.97 Å². The van der Waals surface area contributed by atoms with E-state index in [0.717, 1.165) is 6.07 Å². The van der Waals surface area contributed by atoms with Crippen LogP contribution in [-0.4, -0.2) is 34.3 Å². The van der Waals surface area contributed by atoms with Crippen molar-refractivity contribution in [3.8, 4) is 11.5 Å². The Morgan fingerprint density at radius 3 is 2.48 bits per heavy atom. The minimum Gasteiger partial charge on any atom is -0.478 e. The molecule has 0 atom stereocenters. The first-order valence-electron chi connectivity index (χ1n) is 6.29. The summed E-state index contributed by atoms with van der Waals surface area (Å²) in [5.41, 5.74) is -0.601. The number of anilines is 1. The van der Waals surface area contributed by atoms with Crippen molar-refractivity contribution in [2.75, 3.05) is 18.0 Å². The number of benzene rings is 1. The molecule has 0 bridgehead atoms. The maximum atomic E-state index is 13.3. The van der Waals surface area contributed by atoms with Crippen molar-refractivity contribution in [2.45, 2.75) is 13.8 Å². The van der Waals surface area contributed by atoms with Crippen LogP contribution < -0.4 is 4.90 Å². The summed E-state index contributed by atoms with van der Waals surface area (Å²) in [5, 5.41) is 12.8. The molecule has 0 amide bonds. The third-order valence-electron chi connectivity index (χ3n) is 2.98. The third kappa shape index (κ3) is 2.83. The number of nitrogens with zero attached hydrogens (tertiary/aromatic N) is 3. The third-order valence-corrected chi connectivity index (χ3v) is 2.98. The van der Waals surface area contributed by atoms with Gasteiger partial charge in [0.1, 0.15) is 0 Å². The van der Waals surface area contributed by atoms with Crippen LogP contribution >= 0.6 is 0 Å². The van der Waals surface area contributed by atoms with E-state index in [1.165, 1.54) is 0 Å². The summed E-state index contributed by atoms with van der Waals surface area (Å²) in [5.74, 6) is -3.76. The Morgan fingerprint density at radius 1 is 1.29 bits per heavy atom. The molecule has 0 unspecified atom stereocenters. The number of hydrogen-bond acceptors (Lipinski definition) is 5. The molecule has 0 aliphatic heterocycles. The van der Waals surface area contributed by atoms with Gasteiger partial charge in [0, 0.05) is 13.1 Å². The molecule has 1 heterocycles. The second-order valence-corrected chi connectivity index (χ2v) is 4.19. The normalized spacial score (nSPS) is 10.7. The minimum atomic E-state index is -1.41. The summed E-state index contributed by atoms with van der Waals surface area (Å²) in [6.45, 7) is 5.03. The summed E-state index contributed by atoms with van der Waals surface area (Å²) < 4.78 is 31.5. The van der Waals surface area contributed by atoms with Crippen LogP contribution in [0.1, 0.15) is 24.2 Å². The molecule has 1 aromatic heterocycles. The number of rotatable bonds is 5. The molecule has 2 aromatic rings. The SMILES string of the molecule is CCN(CC)c1noc(-c2cc(F)c(F)cc2C(=O)O)n1. The van der Waals surface area contributed by atoms with Crippen LogP contribution in [0.3, 0.4) is 0 Å². The highest BCUT2D eigenvalue weighted by atomic mass is 19.2. The lowest BCUT2D eigenvalue weighted by molar-refractivity contribution is 0.0696. The largest absolute Gasteiger partial charge is 0.478 e. The van der Waals surface area contributed by atoms with Crippen LogP contribution in [0.15, 0.2) is 16.7 Å². The molecular formula is C13H13F2N3O3. The summed E-state index contributed by atoms with van der Waals surface area (Å²) >= 11 is 0. The van der Waals surface area contributed by atoms with Crippen LogP contribution in [0.4, 0.5) is 14.7 Å². The second kappa shape index (κ2) is 5.86. The summed E-state index contributed by atoms with van der Waals surface area (Å²) in [6, 6.07) is 1.33. The predicted octanol–water partition coefficient (Wildman–Crippen LogP) is 2.56. The van der Waals surface area contributed by atoms with Gasteiger partial charge < -0.3 is 14.5 Å². The Morgan fingerprint density at radius 2 is 1.90 bits per heavy atom. The lowest BCUT2D eigenvalue weighted by Gasteiger charge is -2.14. The zero-order chi connectivity index (χ0) is 15.6. The van der Waals surface area contributed by atoms with E-state index in [1.54, 1.807) is 4.90 Å². The van der Waals surface area contributed by atoms with Gasteiger partial charge in [0.05, 0.1) is 11.1 Å². The lowest BCUT2D eigenvalue weighted by atomic mass is 10.1. The molecule has 1 N–H and O–H groups in total. The Kier molecular flexibility index (Phi) is 4.15. The van der Waals surface area contributed by atoms with Gasteiger partial charge in [0.2, 0.25) is 0 Å². The summed E-state index contributed by atoms with van der Waals surface area (Å²) in [4.78, 5) is 16.9. The van der Waals surface area contributed by atoms with Gasteiger partial charge in [-0.3, -0.25) is 0 Å². The van der Waals surface area contributed by atoms with E-state index in [9.17, 15) is 13.6 Å². The predicted molar refractivity (Wildman–Crippen MR) is 70.2 cm³/mol. The molecule has 0 aliphatic carbocycles. The first-order chi connectivity index (χ1) is 9.97. The molecule has 8 heteroatoms. The van der Waals surface area contributed by atoms with Gasteiger partial charge in [-0.05, 0) is 31.1 Å². The molecule has 2 rings (SSSR count). The molecular weight excluding hydrogens is 284 g/mol. The average molecular weight is 297 g/mol. The smallest absolute Gasteiger partial charge is 0.336 e. The fourth-order valence-corrected chi connectivity index (χ4v) is 1.86. The highest BCUT2D eigenvalue weighted by Gasteiger charge is 2.22. The molecule has 6 nitrogen and oxygen atoms in total. The van der Waals surface area contributed by atoms with Crippen molar-refractivity contribution in [1.82, 2.24) is 10.1 Å². The van der Waals surface area contributed by atoms with E-state index in [-0.39, 0.29) is 17.4 Å². The Balaban J connectivity index is 2.51. The standard InChI is InChI=1S/C13H13F2N3O3/c1-3-18(4-2)13-16-11(21-17-13)7-5-9(14)10(15)6-8(7)12(19)20/h5-6H,3-4H2,1-2H3,(H,19,20). The Hall–Kier alpha value is -2.51. The van der Waals surface area contributed by atoms with Crippen LogP contribution in [0.2, 0.25) is 0 Å². The zero-order valence-electron chi connectivity index (χ0n) is 11.4. The van der Waals surface area contributed by atoms with E-state index in [2.05, 4.69) is 10.1 Å². The number of carboxylic acid groups (broad SMARTS) is 1. The molecule has 0 aliphatic rings. The van der Waals surface area contributed by atoms with Crippen molar-refractivity contribution in [2.24, 2.45) is 0 Å². The molecule has 0 fully saturated rings. The minimum absolute atomic E-state index is 0.160. The summed E-state index contributed by atoms with van der Waals surface area (Å²) in [7, 11) is 0. The van der Waals surface area contributed by atoms with Crippen LogP contribution in [0, 0.1) is 11.6 Å². The van der Waals surface area contributed by atoms with E-state index in [1.807, 2.05) is 13.8 Å². The number of carboxylic acids is 1. The zero-order valence-corrected chi connectivity index (χ0v) is 11.4. The Bertz CT molecular complexity index is 669. The number of aromatic nitrogens is 2. The van der Waals surface area contributed by atoms with E-state index < -0.39 is 23.2 Å². The maximum absolute atomic E-state index is 13.3. The van der Waals surface area contributed by atoms with E-state index in [0.29, 0.717) is 19.2 Å². The summed E-state index contributed by atoms with van der Waals surface area (Å²) in [6.07, 6.45) is 0. The molecule has 1 aromatic carbocycles. The molecule has 0 saturated heterocycles. The van der Waals surface area contributed by atoms with Crippen molar-refractivity contribution >= 4 is 11.9 Å². The average Bonchev–Trinajstić information content (AvgIpc) is 2.92. The molecule has 21 heavy (non-hydrogen) atoms. The molecule has 112 valence electrons. The highest BCUT2D eigenvalue weighted by molar-refractivity contribution is 5.94. The molecule has 0 saturated carbocycles. The first kappa shape index (κ1) is 14.9. The van der Waals surface area contributed by atoms with Crippen molar-refractivity contribution in [1.29, 1.82) is 0 Å². The van der Waals surface area contributed by atoms with Gasteiger partial charge in [-0.1, -0.05) is 0 Å². The van der Waals surface area contributed by atoms with E-state index in [4.69, 9.17) is 9.63 Å². The number of hydrogen-bond donors (Lipinski definition) is 1. The quantitative estimate of drug-likeness (QED) is 0.913. The van der Waals surface area contributed by atoms with Crippen LogP contribution in [0.25, 0.3) is 11.5 Å². The van der Waals surface area contributed by atoms with Crippen molar-refractivity contribution in [3.05, 3.63) is 29.3 Å². The van der Waals surface area contributed by atoms with Crippen molar-refractivity contribution < 1.29 is 23.2 Å². The van der Waals surface area contributed by atoms with Gasteiger partial charge in [-0.15, -0.1) is 0 Å². The Labute approximate surface area is 119 Å². The van der Waals surface area contributed by atoms with Gasteiger partial charge in [-0.2, -0.15) is 4.98 Å². The number of halogens is 2. The van der Waals surface area contributed by atoms with Gasteiger partial charge in [0.25, 0.3) is 11.8 Å².